The Kier molecular flexibility index (Phi) is 4.30. The van der Waals surface area contributed by atoms with Gasteiger partial charge in [-0.2, -0.15) is 0 Å². The number of carbonyl (C=O) groups excluding carboxylic acids is 2. The first-order valence-electron chi connectivity index (χ1n) is 8.21. The first kappa shape index (κ1) is 15.2. The van der Waals surface area contributed by atoms with Crippen molar-refractivity contribution in [3.63, 3.8) is 0 Å². The Morgan fingerprint density at radius 3 is 2.14 bits per heavy atom. The molecule has 0 radical (unpaired) electrons. The van der Waals surface area contributed by atoms with Crippen LogP contribution < -0.4 is 0 Å². The molecule has 2 saturated heterocycles. The molecular weight excluding hydrogens is 276 g/mol. The van der Waals surface area contributed by atoms with E-state index < -0.39 is 0 Å². The molecule has 2 heterocycles. The van der Waals surface area contributed by atoms with Crippen LogP contribution in [0.4, 0.5) is 0 Å². The Morgan fingerprint density at radius 1 is 1.00 bits per heavy atom. The highest BCUT2D eigenvalue weighted by Gasteiger charge is 2.44. The van der Waals surface area contributed by atoms with Crippen molar-refractivity contribution in [3.8, 4) is 0 Å². The lowest BCUT2D eigenvalue weighted by Gasteiger charge is -2.45. The van der Waals surface area contributed by atoms with E-state index in [1.54, 1.807) is 0 Å². The van der Waals surface area contributed by atoms with E-state index in [9.17, 15) is 9.59 Å². The Hall–Kier alpha value is -1.68. The van der Waals surface area contributed by atoms with Gasteiger partial charge in [-0.3, -0.25) is 19.4 Å². The van der Waals surface area contributed by atoms with Gasteiger partial charge >= 0.3 is 0 Å². The molecule has 2 fully saturated rings. The number of benzene rings is 1. The number of amides is 2. The third-order valence-electron chi connectivity index (χ3n) is 5.14. The Bertz CT molecular complexity index is 527. The molecular formula is C18H24N2O2. The standard InChI is InChI=1S/C18H24N2O2/c1-2-20-16(21)12-18(13-17(20)22)8-10-19(11-9-18)14-15-6-4-3-5-7-15/h3-7H,2,8-14H2,1H3. The van der Waals surface area contributed by atoms with Crippen molar-refractivity contribution >= 4 is 11.8 Å². The van der Waals surface area contributed by atoms with Crippen LogP contribution in [-0.4, -0.2) is 41.2 Å². The SMILES string of the molecule is CCN1C(=O)CC2(CCN(Cc3ccccc3)CC2)CC1=O. The monoisotopic (exact) mass is 300 g/mol. The minimum Gasteiger partial charge on any atom is -0.299 e. The van der Waals surface area contributed by atoms with Crippen LogP contribution >= 0.6 is 0 Å². The third-order valence-corrected chi connectivity index (χ3v) is 5.14. The van der Waals surface area contributed by atoms with Gasteiger partial charge in [0.2, 0.25) is 11.8 Å². The average Bonchev–Trinajstić information content (AvgIpc) is 2.51. The molecule has 0 aliphatic carbocycles. The second kappa shape index (κ2) is 6.21. The lowest BCUT2D eigenvalue weighted by molar-refractivity contribution is -0.154. The van der Waals surface area contributed by atoms with E-state index in [1.807, 2.05) is 13.0 Å². The highest BCUT2D eigenvalue weighted by atomic mass is 16.2. The Labute approximate surface area is 132 Å². The van der Waals surface area contributed by atoms with E-state index in [1.165, 1.54) is 10.5 Å². The van der Waals surface area contributed by atoms with Crippen molar-refractivity contribution in [2.24, 2.45) is 5.41 Å². The Morgan fingerprint density at radius 2 is 1.59 bits per heavy atom. The van der Waals surface area contributed by atoms with Crippen molar-refractivity contribution in [1.29, 1.82) is 0 Å². The maximum absolute atomic E-state index is 12.2. The van der Waals surface area contributed by atoms with Crippen LogP contribution in [0.2, 0.25) is 0 Å². The van der Waals surface area contributed by atoms with Crippen molar-refractivity contribution < 1.29 is 9.59 Å². The fourth-order valence-electron chi connectivity index (χ4n) is 3.77. The summed E-state index contributed by atoms with van der Waals surface area (Å²) in [6.07, 6.45) is 3.00. The molecule has 2 aliphatic heterocycles. The summed E-state index contributed by atoms with van der Waals surface area (Å²) in [6, 6.07) is 10.5. The highest BCUT2D eigenvalue weighted by molar-refractivity contribution is 5.98. The number of hydrogen-bond acceptors (Lipinski definition) is 3. The molecule has 2 aliphatic rings. The second-order valence-electron chi connectivity index (χ2n) is 6.65. The molecule has 0 aromatic heterocycles. The predicted octanol–water partition coefficient (Wildman–Crippen LogP) is 2.44. The first-order valence-corrected chi connectivity index (χ1v) is 8.21. The van der Waals surface area contributed by atoms with E-state index in [2.05, 4.69) is 29.2 Å². The molecule has 118 valence electrons. The maximum Gasteiger partial charge on any atom is 0.229 e. The molecule has 0 bridgehead atoms. The van der Waals surface area contributed by atoms with Gasteiger partial charge in [0.05, 0.1) is 0 Å². The number of carbonyl (C=O) groups is 2. The van der Waals surface area contributed by atoms with E-state index in [0.29, 0.717) is 19.4 Å². The zero-order valence-corrected chi connectivity index (χ0v) is 13.3. The topological polar surface area (TPSA) is 40.6 Å². The minimum absolute atomic E-state index is 0.0234. The van der Waals surface area contributed by atoms with E-state index in [-0.39, 0.29) is 17.2 Å². The third kappa shape index (κ3) is 3.07. The summed E-state index contributed by atoms with van der Waals surface area (Å²) >= 11 is 0. The van der Waals surface area contributed by atoms with Crippen LogP contribution in [0, 0.1) is 5.41 Å². The molecule has 3 rings (SSSR count). The zero-order valence-electron chi connectivity index (χ0n) is 13.3. The van der Waals surface area contributed by atoms with Gasteiger partial charge in [-0.1, -0.05) is 30.3 Å². The van der Waals surface area contributed by atoms with Crippen molar-refractivity contribution in [2.75, 3.05) is 19.6 Å². The van der Waals surface area contributed by atoms with Crippen LogP contribution in [0.1, 0.15) is 38.2 Å². The largest absolute Gasteiger partial charge is 0.299 e. The summed E-state index contributed by atoms with van der Waals surface area (Å²) in [5.41, 5.74) is 1.25. The molecule has 0 atom stereocenters. The molecule has 1 spiro atoms. The molecule has 1 aromatic carbocycles. The number of likely N-dealkylation sites (tertiary alicyclic amines) is 2. The van der Waals surface area contributed by atoms with Crippen LogP contribution in [0.25, 0.3) is 0 Å². The van der Waals surface area contributed by atoms with Crippen molar-refractivity contribution in [3.05, 3.63) is 35.9 Å². The van der Waals surface area contributed by atoms with Gasteiger partial charge in [-0.25, -0.2) is 0 Å². The summed E-state index contributed by atoms with van der Waals surface area (Å²) < 4.78 is 0. The second-order valence-corrected chi connectivity index (χ2v) is 6.65. The van der Waals surface area contributed by atoms with Crippen LogP contribution in [0.5, 0.6) is 0 Å². The molecule has 0 unspecified atom stereocenters. The van der Waals surface area contributed by atoms with Gasteiger partial charge in [0.25, 0.3) is 0 Å². The first-order chi connectivity index (χ1) is 10.6. The molecule has 4 heteroatoms. The minimum atomic E-state index is -0.0764. The summed E-state index contributed by atoms with van der Waals surface area (Å²) in [7, 11) is 0. The van der Waals surface area contributed by atoms with Gasteiger partial charge < -0.3 is 0 Å². The maximum atomic E-state index is 12.2. The molecule has 2 amide bonds. The summed E-state index contributed by atoms with van der Waals surface area (Å²) in [4.78, 5) is 28.2. The lowest BCUT2D eigenvalue weighted by Crippen LogP contribution is -2.51. The summed E-state index contributed by atoms with van der Waals surface area (Å²) in [5.74, 6) is 0.0468. The quantitative estimate of drug-likeness (QED) is 0.805. The predicted molar refractivity (Wildman–Crippen MR) is 85.0 cm³/mol. The smallest absolute Gasteiger partial charge is 0.229 e. The average molecular weight is 300 g/mol. The number of rotatable bonds is 3. The summed E-state index contributed by atoms with van der Waals surface area (Å²) in [5, 5.41) is 0. The van der Waals surface area contributed by atoms with Gasteiger partial charge in [0.15, 0.2) is 0 Å². The van der Waals surface area contributed by atoms with Crippen molar-refractivity contribution in [1.82, 2.24) is 9.80 Å². The molecule has 0 N–H and O–H groups in total. The van der Waals surface area contributed by atoms with Gasteiger partial charge in [0, 0.05) is 25.9 Å². The highest BCUT2D eigenvalue weighted by Crippen LogP contribution is 2.42. The van der Waals surface area contributed by atoms with E-state index >= 15 is 0 Å². The van der Waals surface area contributed by atoms with E-state index in [4.69, 9.17) is 0 Å². The number of imide groups is 1. The van der Waals surface area contributed by atoms with E-state index in [0.717, 1.165) is 32.5 Å². The fourth-order valence-corrected chi connectivity index (χ4v) is 3.77. The van der Waals surface area contributed by atoms with Crippen LogP contribution in [0.15, 0.2) is 30.3 Å². The van der Waals surface area contributed by atoms with Gasteiger partial charge in [-0.05, 0) is 43.8 Å². The Balaban J connectivity index is 1.59. The van der Waals surface area contributed by atoms with Gasteiger partial charge in [0.1, 0.15) is 0 Å². The number of piperidine rings is 2. The van der Waals surface area contributed by atoms with Crippen LogP contribution in [-0.2, 0) is 16.1 Å². The number of hydrogen-bond donors (Lipinski definition) is 0. The van der Waals surface area contributed by atoms with Crippen LogP contribution in [0.3, 0.4) is 0 Å². The lowest BCUT2D eigenvalue weighted by atomic mass is 9.70. The number of nitrogens with zero attached hydrogens (tertiary/aromatic N) is 2. The molecule has 0 saturated carbocycles. The zero-order chi connectivity index (χ0) is 15.6. The normalized spacial score (nSPS) is 22.3. The molecule has 1 aromatic rings. The molecule has 4 nitrogen and oxygen atoms in total. The van der Waals surface area contributed by atoms with Crippen molar-refractivity contribution in [2.45, 2.75) is 39.2 Å². The fraction of sp³-hybridized carbons (Fsp3) is 0.556. The van der Waals surface area contributed by atoms with Gasteiger partial charge in [-0.15, -0.1) is 0 Å². The summed E-state index contributed by atoms with van der Waals surface area (Å²) in [6.45, 7) is 5.28. The molecule has 22 heavy (non-hydrogen) atoms.